The molecule has 2 N–H and O–H groups in total. The first-order valence-corrected chi connectivity index (χ1v) is 8.95. The highest BCUT2D eigenvalue weighted by Crippen LogP contribution is 2.34. The Labute approximate surface area is 160 Å². The molecule has 0 unspecified atom stereocenters. The third kappa shape index (κ3) is 5.24. The summed E-state index contributed by atoms with van der Waals surface area (Å²) >= 11 is 5.99. The minimum absolute atomic E-state index is 0.0767. The van der Waals surface area contributed by atoms with Gasteiger partial charge in [-0.3, -0.25) is 9.59 Å². The SMILES string of the molecule is CC(C)N(CC(N)=O)C(=O)C1CCN(c2ncc(C(F)(F)F)cc2Cl)CC1. The minimum Gasteiger partial charge on any atom is -0.368 e. The summed E-state index contributed by atoms with van der Waals surface area (Å²) in [6.07, 6.45) is -2.78. The van der Waals surface area contributed by atoms with Gasteiger partial charge in [-0.25, -0.2) is 4.98 Å². The molecule has 1 aromatic heterocycles. The number of aromatic nitrogens is 1. The second kappa shape index (κ2) is 8.33. The average molecular weight is 407 g/mol. The van der Waals surface area contributed by atoms with Crippen molar-refractivity contribution in [2.75, 3.05) is 24.5 Å². The summed E-state index contributed by atoms with van der Waals surface area (Å²) in [5.74, 6) is -0.727. The van der Waals surface area contributed by atoms with Gasteiger partial charge in [-0.15, -0.1) is 0 Å². The summed E-state index contributed by atoms with van der Waals surface area (Å²) in [6.45, 7) is 4.33. The van der Waals surface area contributed by atoms with Gasteiger partial charge < -0.3 is 15.5 Å². The Morgan fingerprint density at radius 2 is 1.96 bits per heavy atom. The molecule has 2 rings (SSSR count). The lowest BCUT2D eigenvalue weighted by Gasteiger charge is -2.36. The van der Waals surface area contributed by atoms with Crippen LogP contribution in [0.5, 0.6) is 0 Å². The summed E-state index contributed by atoms with van der Waals surface area (Å²) < 4.78 is 38.2. The van der Waals surface area contributed by atoms with E-state index in [1.807, 2.05) is 13.8 Å². The largest absolute Gasteiger partial charge is 0.417 e. The Morgan fingerprint density at radius 3 is 2.41 bits per heavy atom. The molecule has 2 heterocycles. The number of anilines is 1. The van der Waals surface area contributed by atoms with Crippen molar-refractivity contribution >= 4 is 29.2 Å². The Balaban J connectivity index is 2.04. The molecule has 0 radical (unpaired) electrons. The highest BCUT2D eigenvalue weighted by Gasteiger charge is 2.34. The van der Waals surface area contributed by atoms with E-state index in [4.69, 9.17) is 17.3 Å². The first-order chi connectivity index (χ1) is 12.5. The quantitative estimate of drug-likeness (QED) is 0.815. The van der Waals surface area contributed by atoms with Gasteiger partial charge in [-0.05, 0) is 32.8 Å². The summed E-state index contributed by atoms with van der Waals surface area (Å²) in [4.78, 5) is 30.9. The number of carbonyl (C=O) groups is 2. The zero-order valence-electron chi connectivity index (χ0n) is 15.1. The smallest absolute Gasteiger partial charge is 0.368 e. The number of hydrogen-bond acceptors (Lipinski definition) is 4. The Kier molecular flexibility index (Phi) is 6.56. The third-order valence-electron chi connectivity index (χ3n) is 4.53. The number of halogens is 4. The molecular weight excluding hydrogens is 385 g/mol. The summed E-state index contributed by atoms with van der Waals surface area (Å²) in [5, 5.41) is -0.0767. The van der Waals surface area contributed by atoms with E-state index < -0.39 is 17.6 Å². The van der Waals surface area contributed by atoms with Gasteiger partial charge in [0.15, 0.2) is 0 Å². The zero-order valence-corrected chi connectivity index (χ0v) is 15.8. The number of pyridine rings is 1. The number of piperidine rings is 1. The summed E-state index contributed by atoms with van der Waals surface area (Å²) in [7, 11) is 0. The van der Waals surface area contributed by atoms with Crippen LogP contribution in [0.2, 0.25) is 5.02 Å². The zero-order chi connectivity index (χ0) is 20.4. The number of nitrogens with zero attached hydrogens (tertiary/aromatic N) is 3. The van der Waals surface area contributed by atoms with Gasteiger partial charge in [-0.2, -0.15) is 13.2 Å². The molecule has 0 aliphatic carbocycles. The van der Waals surface area contributed by atoms with E-state index >= 15 is 0 Å². The molecule has 0 aromatic carbocycles. The van der Waals surface area contributed by atoms with Crippen molar-refractivity contribution in [2.24, 2.45) is 11.7 Å². The molecule has 1 saturated heterocycles. The van der Waals surface area contributed by atoms with Gasteiger partial charge in [0.1, 0.15) is 5.82 Å². The summed E-state index contributed by atoms with van der Waals surface area (Å²) in [6, 6.07) is 0.697. The Hall–Kier alpha value is -2.03. The molecule has 1 fully saturated rings. The van der Waals surface area contributed by atoms with Crippen molar-refractivity contribution in [3.63, 3.8) is 0 Å². The van der Waals surface area contributed by atoms with Crippen LogP contribution in [-0.2, 0) is 15.8 Å². The molecule has 1 aliphatic heterocycles. The fourth-order valence-electron chi connectivity index (χ4n) is 3.07. The number of carbonyl (C=O) groups excluding carboxylic acids is 2. The molecule has 0 bridgehead atoms. The molecule has 1 aromatic rings. The van der Waals surface area contributed by atoms with Gasteiger partial charge in [-0.1, -0.05) is 11.6 Å². The molecular formula is C17H22ClF3N4O2. The van der Waals surface area contributed by atoms with Crippen LogP contribution in [0.1, 0.15) is 32.3 Å². The van der Waals surface area contributed by atoms with Crippen molar-refractivity contribution in [1.29, 1.82) is 0 Å². The third-order valence-corrected chi connectivity index (χ3v) is 4.80. The molecule has 10 heteroatoms. The van der Waals surface area contributed by atoms with E-state index in [1.54, 1.807) is 4.90 Å². The monoisotopic (exact) mass is 406 g/mol. The first kappa shape index (κ1) is 21.3. The lowest BCUT2D eigenvalue weighted by Crippen LogP contribution is -2.48. The van der Waals surface area contributed by atoms with Crippen LogP contribution in [-0.4, -0.2) is 47.4 Å². The van der Waals surface area contributed by atoms with Crippen LogP contribution < -0.4 is 10.6 Å². The Bertz CT molecular complexity index is 704. The number of rotatable bonds is 5. The highest BCUT2D eigenvalue weighted by atomic mass is 35.5. The summed E-state index contributed by atoms with van der Waals surface area (Å²) in [5.41, 5.74) is 4.31. The van der Waals surface area contributed by atoms with Crippen LogP contribution in [0.3, 0.4) is 0 Å². The molecule has 150 valence electrons. The van der Waals surface area contributed by atoms with Crippen molar-refractivity contribution in [3.05, 3.63) is 22.8 Å². The van der Waals surface area contributed by atoms with Gasteiger partial charge in [0.2, 0.25) is 11.8 Å². The maximum atomic E-state index is 12.7. The lowest BCUT2D eigenvalue weighted by molar-refractivity contribution is -0.141. The second-order valence-corrected chi connectivity index (χ2v) is 7.22. The van der Waals surface area contributed by atoms with Crippen LogP contribution in [0, 0.1) is 5.92 Å². The van der Waals surface area contributed by atoms with Crippen LogP contribution >= 0.6 is 11.6 Å². The van der Waals surface area contributed by atoms with Crippen molar-refractivity contribution in [1.82, 2.24) is 9.88 Å². The fraction of sp³-hybridized carbons (Fsp3) is 0.588. The minimum atomic E-state index is -4.50. The van der Waals surface area contributed by atoms with Crippen LogP contribution in [0.4, 0.5) is 19.0 Å². The van der Waals surface area contributed by atoms with E-state index in [0.29, 0.717) is 25.9 Å². The number of amides is 2. The lowest BCUT2D eigenvalue weighted by atomic mass is 9.94. The van der Waals surface area contributed by atoms with E-state index in [-0.39, 0.29) is 35.3 Å². The number of primary amides is 1. The normalized spacial score (nSPS) is 15.9. The van der Waals surface area contributed by atoms with Gasteiger partial charge >= 0.3 is 6.18 Å². The topological polar surface area (TPSA) is 79.5 Å². The first-order valence-electron chi connectivity index (χ1n) is 8.57. The predicted octanol–water partition coefficient (Wildman–Crippen LogP) is 2.69. The molecule has 0 spiro atoms. The van der Waals surface area contributed by atoms with Crippen LogP contribution in [0.25, 0.3) is 0 Å². The maximum Gasteiger partial charge on any atom is 0.417 e. The molecule has 1 aliphatic rings. The molecule has 0 atom stereocenters. The fourth-order valence-corrected chi connectivity index (χ4v) is 3.36. The Morgan fingerprint density at radius 1 is 1.37 bits per heavy atom. The van der Waals surface area contributed by atoms with E-state index in [9.17, 15) is 22.8 Å². The van der Waals surface area contributed by atoms with Crippen molar-refractivity contribution in [3.8, 4) is 0 Å². The number of hydrogen-bond donors (Lipinski definition) is 1. The average Bonchev–Trinajstić information content (AvgIpc) is 2.58. The van der Waals surface area contributed by atoms with E-state index in [1.165, 1.54) is 4.90 Å². The van der Waals surface area contributed by atoms with Crippen molar-refractivity contribution < 1.29 is 22.8 Å². The molecule has 0 saturated carbocycles. The standard InChI is InChI=1S/C17H22ClF3N4O2/c1-10(2)25(9-14(22)26)16(27)11-3-5-24(6-4-11)15-13(18)7-12(8-23-15)17(19,20)21/h7-8,10-11H,3-6,9H2,1-2H3,(H2,22,26). The molecule has 6 nitrogen and oxygen atoms in total. The van der Waals surface area contributed by atoms with Gasteiger partial charge in [0, 0.05) is 31.2 Å². The van der Waals surface area contributed by atoms with Crippen LogP contribution in [0.15, 0.2) is 12.3 Å². The van der Waals surface area contributed by atoms with E-state index in [0.717, 1.165) is 12.3 Å². The predicted molar refractivity (Wildman–Crippen MR) is 95.2 cm³/mol. The van der Waals surface area contributed by atoms with Gasteiger partial charge in [0.05, 0.1) is 17.1 Å². The molecule has 27 heavy (non-hydrogen) atoms. The van der Waals surface area contributed by atoms with Crippen molar-refractivity contribution in [2.45, 2.75) is 38.9 Å². The highest BCUT2D eigenvalue weighted by molar-refractivity contribution is 6.33. The van der Waals surface area contributed by atoms with Gasteiger partial charge in [0.25, 0.3) is 0 Å². The maximum absolute atomic E-state index is 12.7. The number of nitrogens with two attached hydrogens (primary N) is 1. The molecule has 2 amide bonds. The van der Waals surface area contributed by atoms with E-state index in [2.05, 4.69) is 4.98 Å². The number of alkyl halides is 3. The second-order valence-electron chi connectivity index (χ2n) is 6.81.